The van der Waals surface area contributed by atoms with Crippen molar-refractivity contribution in [1.29, 1.82) is 0 Å². The smallest absolute Gasteiger partial charge is 0.0114 e. The Morgan fingerprint density at radius 2 is 0.350 bits per heavy atom. The van der Waals surface area contributed by atoms with Crippen molar-refractivity contribution >= 4 is 10.8 Å². The predicted molar refractivity (Wildman–Crippen MR) is 538 cm³/mol. The maximum absolute atomic E-state index is 2.59. The van der Waals surface area contributed by atoms with Gasteiger partial charge < -0.3 is 0 Å². The first-order valence-electron chi connectivity index (χ1n) is 46.8. The van der Waals surface area contributed by atoms with Crippen LogP contribution in [0.2, 0.25) is 0 Å². The van der Waals surface area contributed by atoms with E-state index in [1.54, 1.807) is 11.1 Å². The lowest BCUT2D eigenvalue weighted by Gasteiger charge is -2.67. The van der Waals surface area contributed by atoms with Crippen molar-refractivity contribution < 1.29 is 0 Å². The second-order valence-corrected chi connectivity index (χ2v) is 39.2. The summed E-state index contributed by atoms with van der Waals surface area (Å²) in [7, 11) is 0. The van der Waals surface area contributed by atoms with E-state index in [0.29, 0.717) is 5.41 Å². The third kappa shape index (κ3) is 20.6. The van der Waals surface area contributed by atoms with Gasteiger partial charge in [0.2, 0.25) is 0 Å². The van der Waals surface area contributed by atoms with Crippen LogP contribution in [0, 0.1) is 300 Å². The fourth-order valence-corrected chi connectivity index (χ4v) is 22.4. The maximum atomic E-state index is 2.59. The van der Waals surface area contributed by atoms with Crippen LogP contribution < -0.4 is 0 Å². The number of fused-ring (bicyclic) bond motifs is 1. The van der Waals surface area contributed by atoms with E-state index in [-0.39, 0.29) is 0 Å². The molecule has 0 radical (unpaired) electrons. The summed E-state index contributed by atoms with van der Waals surface area (Å²) in [6.45, 7) is 105. The zero-order valence-corrected chi connectivity index (χ0v) is 85.7. The zero-order chi connectivity index (χ0) is 90.9. The van der Waals surface area contributed by atoms with Gasteiger partial charge in [0.25, 0.3) is 0 Å². The first-order chi connectivity index (χ1) is 55.9. The van der Waals surface area contributed by atoms with E-state index in [4.69, 9.17) is 0 Å². The Morgan fingerprint density at radius 3 is 0.533 bits per heavy atom. The molecule has 12 rings (SSSR count). The van der Waals surface area contributed by atoms with Crippen LogP contribution in [-0.2, 0) is 32.1 Å². The Kier molecular flexibility index (Phi) is 36.0. The molecule has 2 aliphatic carbocycles. The number of hydrogen-bond donors (Lipinski definition) is 0. The van der Waals surface area contributed by atoms with E-state index < -0.39 is 0 Å². The summed E-state index contributed by atoms with van der Waals surface area (Å²) in [5.74, 6) is 8.55. The van der Waals surface area contributed by atoms with Gasteiger partial charge in [0.05, 0.1) is 0 Å². The third-order valence-corrected chi connectivity index (χ3v) is 35.2. The molecule has 120 heavy (non-hydrogen) atoms. The minimum atomic E-state index is 0.538. The monoisotopic (exact) mass is 1610 g/mol. The van der Waals surface area contributed by atoms with Gasteiger partial charge in [-0.25, -0.2) is 0 Å². The molecule has 8 atom stereocenters. The molecule has 0 heteroatoms. The van der Waals surface area contributed by atoms with Gasteiger partial charge >= 0.3 is 0 Å². The minimum Gasteiger partial charge on any atom is -0.0622 e. The molecule has 2 fully saturated rings. The van der Waals surface area contributed by atoms with E-state index in [0.717, 1.165) is 78.4 Å². The number of hydrogen-bond acceptors (Lipinski definition) is 0. The molecule has 0 N–H and O–H groups in total. The molecule has 0 bridgehead atoms. The van der Waals surface area contributed by atoms with Crippen molar-refractivity contribution in [2.24, 2.45) is 64.6 Å². The van der Waals surface area contributed by atoms with Crippen LogP contribution in [0.15, 0.2) is 91.0 Å². The lowest BCUT2D eigenvalue weighted by molar-refractivity contribution is -0.191. The number of rotatable bonds is 9. The van der Waals surface area contributed by atoms with Crippen molar-refractivity contribution in [3.05, 3.63) is 308 Å². The van der Waals surface area contributed by atoms with Crippen LogP contribution >= 0.6 is 0 Å². The molecule has 2 aliphatic rings. The molecule has 10 aromatic rings. The minimum absolute atomic E-state index is 0.538. The Balaban J connectivity index is 0.000000221. The van der Waals surface area contributed by atoms with E-state index in [1.165, 1.54) is 247 Å². The van der Waals surface area contributed by atoms with Gasteiger partial charge in [0, 0.05) is 0 Å². The molecule has 8 unspecified atom stereocenters. The first kappa shape index (κ1) is 101. The third-order valence-electron chi connectivity index (χ3n) is 35.2. The SMILES string of the molecule is CC1C(C)C(C)C2(C(C)C1C)C(C)C(C)C(C)C(C)C2C.CCc1ccccc1.Cc1c(C)c(C)c(-c2c(C)c(C)c(C)c(C)c2C)c(C)c1C.Cc1c(C)c(C)c(C)c(C)c1C.Cc1c(C)c(C)c(CCc2c(C)c(C)c(C)c(C)c2C)c(C)c1C.Cc1c(C)c(C)c2c(C)c(C)c(C)c(C)c2c1C.c1ccc(CCCc2ccccc2)cc1. The van der Waals surface area contributed by atoms with Crippen molar-refractivity contribution in [3.63, 3.8) is 0 Å². The largest absolute Gasteiger partial charge is 0.0622 e. The van der Waals surface area contributed by atoms with Crippen molar-refractivity contribution in [2.75, 3.05) is 0 Å². The summed E-state index contributed by atoms with van der Waals surface area (Å²) in [6, 6.07) is 31.8. The van der Waals surface area contributed by atoms with Gasteiger partial charge in [0.15, 0.2) is 0 Å². The van der Waals surface area contributed by atoms with Crippen LogP contribution in [-0.4, -0.2) is 0 Å². The van der Waals surface area contributed by atoms with Gasteiger partial charge in [0.1, 0.15) is 0 Å². The molecule has 1 spiro atoms. The lowest BCUT2D eigenvalue weighted by atomic mass is 9.38. The molecule has 10 aromatic carbocycles. The Hall–Kier alpha value is -7.54. The van der Waals surface area contributed by atoms with E-state index in [9.17, 15) is 0 Å². The second-order valence-electron chi connectivity index (χ2n) is 39.2. The fraction of sp³-hybridized carbons (Fsp3) is 0.517. The topological polar surface area (TPSA) is 0 Å². The molecular formula is C120H172. The van der Waals surface area contributed by atoms with Gasteiger partial charge in [-0.15, -0.1) is 0 Å². The summed E-state index contributed by atoms with van der Waals surface area (Å²) in [4.78, 5) is 0. The Morgan fingerprint density at radius 1 is 0.183 bits per heavy atom. The zero-order valence-electron chi connectivity index (χ0n) is 85.7. The van der Waals surface area contributed by atoms with Crippen molar-refractivity contribution in [1.82, 2.24) is 0 Å². The second kappa shape index (κ2) is 42.7. The fourth-order valence-electron chi connectivity index (χ4n) is 22.4. The molecule has 0 aromatic heterocycles. The molecule has 652 valence electrons. The maximum Gasteiger partial charge on any atom is -0.0114 e. The Labute approximate surface area is 739 Å². The highest BCUT2D eigenvalue weighted by molar-refractivity contribution is 5.97. The normalized spacial score (nSPS) is 19.8. The molecule has 2 saturated carbocycles. The average molecular weight is 1610 g/mol. The highest BCUT2D eigenvalue weighted by Gasteiger charge is 2.61. The van der Waals surface area contributed by atoms with E-state index in [1.807, 2.05) is 6.07 Å². The van der Waals surface area contributed by atoms with Gasteiger partial charge in [-0.2, -0.15) is 0 Å². The summed E-state index contributed by atoms with van der Waals surface area (Å²) in [5, 5.41) is 2.97. The van der Waals surface area contributed by atoms with Crippen LogP contribution in [0.25, 0.3) is 21.9 Å². The predicted octanol–water partition coefficient (Wildman–Crippen LogP) is 34.3. The van der Waals surface area contributed by atoms with Gasteiger partial charge in [-0.1, -0.05) is 167 Å². The number of aryl methyl sites for hydroxylation is 7. The van der Waals surface area contributed by atoms with Crippen LogP contribution in [0.3, 0.4) is 0 Å². The lowest BCUT2D eigenvalue weighted by Crippen LogP contribution is -2.62. The summed E-state index contributed by atoms with van der Waals surface area (Å²) in [5.41, 5.74) is 60.4. The Bertz CT molecular complexity index is 4620. The van der Waals surface area contributed by atoms with Crippen molar-refractivity contribution in [3.8, 4) is 11.1 Å². The summed E-state index contributed by atoms with van der Waals surface area (Å²) in [6.07, 6.45) is 7.01. The molecule has 0 aliphatic heterocycles. The first-order valence-corrected chi connectivity index (χ1v) is 46.8. The van der Waals surface area contributed by atoms with E-state index in [2.05, 4.69) is 396 Å². The number of benzene rings is 10. The summed E-state index contributed by atoms with van der Waals surface area (Å²) >= 11 is 0. The van der Waals surface area contributed by atoms with Crippen LogP contribution in [0.5, 0.6) is 0 Å². The molecule has 0 heterocycles. The van der Waals surface area contributed by atoms with Crippen LogP contribution in [0.1, 0.15) is 300 Å². The quantitative estimate of drug-likeness (QED) is 0.135. The van der Waals surface area contributed by atoms with Gasteiger partial charge in [-0.3, -0.25) is 0 Å². The van der Waals surface area contributed by atoms with Crippen LogP contribution in [0.4, 0.5) is 0 Å². The molecule has 0 amide bonds. The molecule has 0 nitrogen and oxygen atoms in total. The highest BCUT2D eigenvalue weighted by atomic mass is 14.7. The highest BCUT2D eigenvalue weighted by Crippen LogP contribution is 2.66. The molecular weight excluding hydrogens is 1440 g/mol. The standard InChI is InChI=1S/C24H34.C22H30.C21H40.C18H24.C15H16.C12H18.C8H10/c1-13-15(3)19(7)23(20(8)16(13)4)11-12-24-21(9)17(5)14(2)18(6)22(24)10;1-11-13(3)17(7)21(18(8)14(11)4)22-19(9)15(5)12(2)16(6)20(22)10;1-11-13(3)17(7)21(18(8)14(11)4)19(9)15(5)12(2)16(6)20(21)10;1-9-10(2)14(6)18-16(8)12(4)11(3)15(7)17(18)13(9)5;1-3-8-14(9-4-1)12-7-13-15-10-5-2-6-11-15;1-7-8(2)10(4)12(6)11(5)9(7)3;1-2-8-6-4-3-5-7-8/h11-12H2,1-10H3;1-10H3;11-20H,1-10H3;1-8H3;1-6,8-11H,7,12-13H2;1-6H3;3-7H,2H2,1H3. The van der Waals surface area contributed by atoms with Crippen molar-refractivity contribution in [2.45, 2.75) is 350 Å². The molecule has 0 saturated heterocycles. The van der Waals surface area contributed by atoms with Gasteiger partial charge in [-0.05, 0) is 577 Å². The summed E-state index contributed by atoms with van der Waals surface area (Å²) < 4.78 is 0. The average Bonchev–Trinajstić information content (AvgIpc) is 0.704. The van der Waals surface area contributed by atoms with E-state index >= 15 is 0 Å².